The van der Waals surface area contributed by atoms with E-state index in [1.165, 1.54) is 29.5 Å². The summed E-state index contributed by atoms with van der Waals surface area (Å²) in [4.78, 5) is 32.5. The van der Waals surface area contributed by atoms with Crippen molar-refractivity contribution in [1.82, 2.24) is 9.88 Å². The Labute approximate surface area is 189 Å². The molecular formula is C21H23ClN4O4S. The Morgan fingerprint density at radius 1 is 1.19 bits per heavy atom. The smallest absolute Gasteiger partial charge is 0.270 e. The van der Waals surface area contributed by atoms with Gasteiger partial charge in [0, 0.05) is 31.3 Å². The number of halogens is 1. The zero-order chi connectivity index (χ0) is 22.5. The van der Waals surface area contributed by atoms with Gasteiger partial charge in [-0.05, 0) is 31.3 Å². The minimum Gasteiger partial charge on any atom is -0.497 e. The number of carbonyl (C=O) groups is 1. The van der Waals surface area contributed by atoms with Crippen molar-refractivity contribution in [3.05, 3.63) is 57.1 Å². The fourth-order valence-corrected chi connectivity index (χ4v) is 4.31. The molecule has 31 heavy (non-hydrogen) atoms. The van der Waals surface area contributed by atoms with Crippen molar-refractivity contribution < 1.29 is 14.5 Å². The van der Waals surface area contributed by atoms with Crippen LogP contribution in [-0.2, 0) is 0 Å². The molecule has 0 aliphatic rings. The van der Waals surface area contributed by atoms with E-state index in [4.69, 9.17) is 16.3 Å². The van der Waals surface area contributed by atoms with Crippen LogP contribution in [0.2, 0.25) is 5.02 Å². The van der Waals surface area contributed by atoms with E-state index in [9.17, 15) is 14.9 Å². The first-order chi connectivity index (χ1) is 14.9. The first kappa shape index (κ1) is 22.9. The number of nitrogens with zero attached hydrogens (tertiary/aromatic N) is 4. The summed E-state index contributed by atoms with van der Waals surface area (Å²) >= 11 is 7.62. The third-order valence-electron chi connectivity index (χ3n) is 4.98. The standard InChI is InChI=1S/C21H23ClN4O4S/c1-4-24(5-2)10-11-25(20(27)16-12-14(26(28)29)6-8-17(16)22)21-23-18-13-15(30-3)7-9-19(18)31-21/h6-9,12-13H,4-5,10-11H2,1-3H3. The summed E-state index contributed by atoms with van der Waals surface area (Å²) in [6.07, 6.45) is 0. The Morgan fingerprint density at radius 3 is 2.58 bits per heavy atom. The van der Waals surface area contributed by atoms with Gasteiger partial charge in [0.1, 0.15) is 5.75 Å². The maximum atomic E-state index is 13.5. The summed E-state index contributed by atoms with van der Waals surface area (Å²) in [6, 6.07) is 9.41. The molecule has 3 aromatic rings. The normalized spacial score (nSPS) is 11.1. The molecule has 0 unspecified atom stereocenters. The van der Waals surface area contributed by atoms with Crippen molar-refractivity contribution in [2.45, 2.75) is 13.8 Å². The molecule has 0 aliphatic heterocycles. The molecule has 164 valence electrons. The van der Waals surface area contributed by atoms with Gasteiger partial charge in [0.2, 0.25) is 0 Å². The van der Waals surface area contributed by atoms with Gasteiger partial charge in [-0.1, -0.05) is 36.8 Å². The van der Waals surface area contributed by atoms with Crippen molar-refractivity contribution in [2.75, 3.05) is 38.2 Å². The molecule has 0 spiro atoms. The minimum atomic E-state index is -0.544. The maximum absolute atomic E-state index is 13.5. The molecule has 8 nitrogen and oxygen atoms in total. The summed E-state index contributed by atoms with van der Waals surface area (Å²) < 4.78 is 6.17. The number of carbonyl (C=O) groups excluding carboxylic acids is 1. The second-order valence-electron chi connectivity index (χ2n) is 6.74. The first-order valence-electron chi connectivity index (χ1n) is 9.80. The number of fused-ring (bicyclic) bond motifs is 1. The predicted octanol–water partition coefficient (Wildman–Crippen LogP) is 4.86. The third-order valence-corrected chi connectivity index (χ3v) is 6.37. The summed E-state index contributed by atoms with van der Waals surface area (Å²) in [5.74, 6) is 0.249. The highest BCUT2D eigenvalue weighted by atomic mass is 35.5. The number of non-ortho nitro benzene ring substituents is 1. The van der Waals surface area contributed by atoms with Crippen LogP contribution in [0.25, 0.3) is 10.2 Å². The Bertz CT molecular complexity index is 1100. The van der Waals surface area contributed by atoms with Gasteiger partial charge in [0.15, 0.2) is 5.13 Å². The number of hydrogen-bond donors (Lipinski definition) is 0. The van der Waals surface area contributed by atoms with Crippen molar-refractivity contribution >= 4 is 49.9 Å². The number of amides is 1. The van der Waals surface area contributed by atoms with Gasteiger partial charge in [-0.15, -0.1) is 0 Å². The summed E-state index contributed by atoms with van der Waals surface area (Å²) in [5, 5.41) is 11.9. The van der Waals surface area contributed by atoms with Crippen LogP contribution in [0, 0.1) is 10.1 Å². The highest BCUT2D eigenvalue weighted by Gasteiger charge is 2.25. The summed E-state index contributed by atoms with van der Waals surface area (Å²) in [7, 11) is 1.58. The van der Waals surface area contributed by atoms with Crippen LogP contribution in [0.5, 0.6) is 5.75 Å². The molecule has 0 N–H and O–H groups in total. The SMILES string of the molecule is CCN(CC)CCN(C(=O)c1cc([N+](=O)[O-])ccc1Cl)c1nc2cc(OC)ccc2s1. The van der Waals surface area contributed by atoms with Gasteiger partial charge < -0.3 is 9.64 Å². The minimum absolute atomic E-state index is 0.0762. The first-order valence-corrected chi connectivity index (χ1v) is 11.0. The second kappa shape index (κ2) is 10.0. The number of ether oxygens (including phenoxy) is 1. The van der Waals surface area contributed by atoms with Gasteiger partial charge in [-0.2, -0.15) is 0 Å². The Morgan fingerprint density at radius 2 is 1.94 bits per heavy atom. The second-order valence-corrected chi connectivity index (χ2v) is 8.15. The van der Waals surface area contributed by atoms with E-state index in [0.29, 0.717) is 29.5 Å². The highest BCUT2D eigenvalue weighted by molar-refractivity contribution is 7.22. The fourth-order valence-electron chi connectivity index (χ4n) is 3.14. The van der Waals surface area contributed by atoms with Crippen molar-refractivity contribution in [3.63, 3.8) is 0 Å². The lowest BCUT2D eigenvalue weighted by Gasteiger charge is -2.25. The summed E-state index contributed by atoms with van der Waals surface area (Å²) in [5.41, 5.74) is 0.600. The van der Waals surface area contributed by atoms with Crippen LogP contribution < -0.4 is 9.64 Å². The fraction of sp³-hybridized carbons (Fsp3) is 0.333. The molecule has 0 saturated carbocycles. The molecule has 1 amide bonds. The lowest BCUT2D eigenvalue weighted by Crippen LogP contribution is -2.39. The number of rotatable bonds is 9. The van der Waals surface area contributed by atoms with Gasteiger partial charge in [0.25, 0.3) is 11.6 Å². The predicted molar refractivity (Wildman–Crippen MR) is 124 cm³/mol. The van der Waals surface area contributed by atoms with E-state index in [1.54, 1.807) is 12.0 Å². The summed E-state index contributed by atoms with van der Waals surface area (Å²) in [6.45, 7) is 6.79. The van der Waals surface area contributed by atoms with E-state index >= 15 is 0 Å². The number of nitro benzene ring substituents is 1. The number of methoxy groups -OCH3 is 1. The average Bonchev–Trinajstić information content (AvgIpc) is 3.19. The van der Waals surface area contributed by atoms with Gasteiger partial charge >= 0.3 is 0 Å². The number of hydrogen-bond acceptors (Lipinski definition) is 7. The monoisotopic (exact) mass is 462 g/mol. The molecule has 0 fully saturated rings. The maximum Gasteiger partial charge on any atom is 0.270 e. The van der Waals surface area contributed by atoms with Crippen molar-refractivity contribution in [3.8, 4) is 5.75 Å². The molecule has 0 saturated heterocycles. The van der Waals surface area contributed by atoms with Gasteiger partial charge in [-0.25, -0.2) is 4.98 Å². The lowest BCUT2D eigenvalue weighted by atomic mass is 10.1. The van der Waals surface area contributed by atoms with E-state index in [0.717, 1.165) is 17.8 Å². The van der Waals surface area contributed by atoms with Crippen LogP contribution in [0.1, 0.15) is 24.2 Å². The quantitative estimate of drug-likeness (QED) is 0.333. The van der Waals surface area contributed by atoms with Crippen molar-refractivity contribution in [1.29, 1.82) is 0 Å². The van der Waals surface area contributed by atoms with Crippen LogP contribution in [-0.4, -0.2) is 54.0 Å². The van der Waals surface area contributed by atoms with E-state index in [1.807, 2.05) is 18.2 Å². The van der Waals surface area contributed by atoms with E-state index in [-0.39, 0.29) is 16.3 Å². The number of likely N-dealkylation sites (N-methyl/N-ethyl adjacent to an activating group) is 1. The molecule has 1 heterocycles. The Balaban J connectivity index is 2.03. The Kier molecular flexibility index (Phi) is 7.42. The zero-order valence-corrected chi connectivity index (χ0v) is 19.1. The number of nitro groups is 1. The van der Waals surface area contributed by atoms with E-state index < -0.39 is 10.8 Å². The van der Waals surface area contributed by atoms with Crippen LogP contribution in [0.4, 0.5) is 10.8 Å². The number of aromatic nitrogens is 1. The lowest BCUT2D eigenvalue weighted by molar-refractivity contribution is -0.384. The van der Waals surface area contributed by atoms with Crippen LogP contribution in [0.3, 0.4) is 0 Å². The number of anilines is 1. The largest absolute Gasteiger partial charge is 0.497 e. The average molecular weight is 463 g/mol. The van der Waals surface area contributed by atoms with Gasteiger partial charge in [-0.3, -0.25) is 19.8 Å². The van der Waals surface area contributed by atoms with Crippen molar-refractivity contribution in [2.24, 2.45) is 0 Å². The van der Waals surface area contributed by atoms with Crippen LogP contribution >= 0.6 is 22.9 Å². The molecule has 1 aromatic heterocycles. The molecule has 3 rings (SSSR count). The molecular weight excluding hydrogens is 440 g/mol. The number of benzene rings is 2. The molecule has 10 heteroatoms. The van der Waals surface area contributed by atoms with Gasteiger partial charge in [0.05, 0.1) is 32.8 Å². The molecule has 0 radical (unpaired) electrons. The molecule has 0 aliphatic carbocycles. The molecule has 0 atom stereocenters. The highest BCUT2D eigenvalue weighted by Crippen LogP contribution is 2.33. The number of thiazole rings is 1. The molecule has 2 aromatic carbocycles. The van der Waals surface area contributed by atoms with E-state index in [2.05, 4.69) is 23.7 Å². The molecule has 0 bridgehead atoms. The topological polar surface area (TPSA) is 88.8 Å². The van der Waals surface area contributed by atoms with Crippen LogP contribution in [0.15, 0.2) is 36.4 Å². The Hall–Kier alpha value is -2.75. The zero-order valence-electron chi connectivity index (χ0n) is 17.5. The third kappa shape index (κ3) is 5.12.